The molecule has 0 spiro atoms. The van der Waals surface area contributed by atoms with E-state index in [2.05, 4.69) is 20.7 Å². The van der Waals surface area contributed by atoms with E-state index in [0.29, 0.717) is 4.47 Å². The van der Waals surface area contributed by atoms with E-state index in [1.807, 2.05) is 0 Å². The van der Waals surface area contributed by atoms with Gasteiger partial charge in [-0.2, -0.15) is 30.7 Å². The number of rotatable bonds is 10. The maximum absolute atomic E-state index is 13.6. The second-order valence-corrected chi connectivity index (χ2v) is 8.58. The van der Waals surface area contributed by atoms with Crippen LogP contribution in [0.5, 0.6) is 17.2 Å². The number of benzene rings is 3. The first-order chi connectivity index (χ1) is 17.2. The van der Waals surface area contributed by atoms with Gasteiger partial charge in [0, 0.05) is 24.4 Å². The Morgan fingerprint density at radius 3 is 2.24 bits per heavy atom. The number of hydrogen-bond acceptors (Lipinski definition) is 4. The first kappa shape index (κ1) is 28.5. The molecular formula is C24H18BrF8NO3. The largest absolute Gasteiger partial charge is 0.461 e. The Morgan fingerprint density at radius 2 is 1.57 bits per heavy atom. The lowest BCUT2D eigenvalue weighted by Crippen LogP contribution is -2.40. The van der Waals surface area contributed by atoms with E-state index in [-0.39, 0.29) is 29.3 Å². The lowest BCUT2D eigenvalue weighted by Gasteiger charge is -2.29. The van der Waals surface area contributed by atoms with Crippen molar-refractivity contribution in [2.75, 3.05) is 11.4 Å². The van der Waals surface area contributed by atoms with Crippen molar-refractivity contribution in [2.24, 2.45) is 0 Å². The summed E-state index contributed by atoms with van der Waals surface area (Å²) in [7, 11) is 0. The van der Waals surface area contributed by atoms with Crippen molar-refractivity contribution in [1.29, 1.82) is 0 Å². The standard InChI is InChI=1S/C24H18BrF8NO3/c25-19-8-7-15(26)10-20(19)36-17-5-2-4-16(11-17)34(13-21(35)23(29,30)31)12-14-3-1-6-18(9-14)37-24(32,33)22(27)28/h1-11,21-22,35H,12-13H2. The molecule has 0 bridgehead atoms. The van der Waals surface area contributed by atoms with Gasteiger partial charge in [-0.05, 0) is 57.9 Å². The Morgan fingerprint density at radius 1 is 0.892 bits per heavy atom. The zero-order chi connectivity index (χ0) is 27.4. The van der Waals surface area contributed by atoms with Crippen molar-refractivity contribution in [3.8, 4) is 17.2 Å². The van der Waals surface area contributed by atoms with Crippen LogP contribution in [0.15, 0.2) is 71.2 Å². The molecule has 0 heterocycles. The summed E-state index contributed by atoms with van der Waals surface area (Å²) in [6.07, 6.45) is -16.6. The second kappa shape index (κ2) is 11.5. The van der Waals surface area contributed by atoms with Gasteiger partial charge in [-0.15, -0.1) is 0 Å². The molecule has 0 fully saturated rings. The minimum Gasteiger partial charge on any atom is -0.456 e. The smallest absolute Gasteiger partial charge is 0.456 e. The van der Waals surface area contributed by atoms with Crippen molar-refractivity contribution in [1.82, 2.24) is 0 Å². The number of anilines is 1. The molecule has 0 saturated heterocycles. The third-order valence-electron chi connectivity index (χ3n) is 4.85. The summed E-state index contributed by atoms with van der Waals surface area (Å²) in [5.41, 5.74) is 0.244. The SMILES string of the molecule is OC(CN(Cc1cccc(OC(F)(F)C(F)F)c1)c1cccc(Oc2cc(F)ccc2Br)c1)C(F)(F)F. The van der Waals surface area contributed by atoms with E-state index in [1.54, 1.807) is 0 Å². The van der Waals surface area contributed by atoms with Crippen molar-refractivity contribution in [2.45, 2.75) is 31.4 Å². The molecule has 0 radical (unpaired) electrons. The second-order valence-electron chi connectivity index (χ2n) is 7.72. The molecule has 3 aromatic rings. The van der Waals surface area contributed by atoms with Gasteiger partial charge in [0.1, 0.15) is 23.1 Å². The molecule has 3 rings (SSSR count). The van der Waals surface area contributed by atoms with Crippen molar-refractivity contribution < 1.29 is 49.7 Å². The molecule has 3 aromatic carbocycles. The number of hydrogen-bond donors (Lipinski definition) is 1. The van der Waals surface area contributed by atoms with Gasteiger partial charge >= 0.3 is 18.7 Å². The Bertz CT molecular complexity index is 1210. The third-order valence-corrected chi connectivity index (χ3v) is 5.51. The van der Waals surface area contributed by atoms with Gasteiger partial charge in [0.2, 0.25) is 0 Å². The van der Waals surface area contributed by atoms with Crippen molar-refractivity contribution in [3.63, 3.8) is 0 Å². The number of nitrogens with zero attached hydrogens (tertiary/aromatic N) is 1. The highest BCUT2D eigenvalue weighted by molar-refractivity contribution is 9.10. The van der Waals surface area contributed by atoms with E-state index in [4.69, 9.17) is 4.74 Å². The fourth-order valence-electron chi connectivity index (χ4n) is 3.13. The molecule has 0 saturated carbocycles. The molecule has 4 nitrogen and oxygen atoms in total. The zero-order valence-electron chi connectivity index (χ0n) is 18.5. The molecule has 1 N–H and O–H groups in total. The third kappa shape index (κ3) is 7.96. The molecule has 1 unspecified atom stereocenters. The summed E-state index contributed by atoms with van der Waals surface area (Å²) in [5.74, 6) is -1.02. The fraction of sp³-hybridized carbons (Fsp3) is 0.250. The summed E-state index contributed by atoms with van der Waals surface area (Å²) in [6, 6.07) is 13.8. The van der Waals surface area contributed by atoms with Crippen molar-refractivity contribution >= 4 is 21.6 Å². The Labute approximate surface area is 214 Å². The van der Waals surface area contributed by atoms with Crippen LogP contribution >= 0.6 is 15.9 Å². The molecule has 37 heavy (non-hydrogen) atoms. The average Bonchev–Trinajstić information content (AvgIpc) is 2.80. The topological polar surface area (TPSA) is 41.9 Å². The lowest BCUT2D eigenvalue weighted by molar-refractivity contribution is -0.253. The monoisotopic (exact) mass is 599 g/mol. The first-order valence-corrected chi connectivity index (χ1v) is 11.2. The molecule has 0 aliphatic heterocycles. The van der Waals surface area contributed by atoms with Gasteiger partial charge in [0.15, 0.2) is 6.10 Å². The number of alkyl halides is 7. The van der Waals surface area contributed by atoms with Gasteiger partial charge in [-0.3, -0.25) is 0 Å². The minimum absolute atomic E-state index is 0.0869. The number of ether oxygens (including phenoxy) is 2. The Hall–Kier alpha value is -3.06. The summed E-state index contributed by atoms with van der Waals surface area (Å²) in [4.78, 5) is 1.08. The summed E-state index contributed by atoms with van der Waals surface area (Å²) < 4.78 is 115. The molecule has 200 valence electrons. The molecule has 0 aliphatic rings. The van der Waals surface area contributed by atoms with Crippen LogP contribution in [0.3, 0.4) is 0 Å². The van der Waals surface area contributed by atoms with Crippen molar-refractivity contribution in [3.05, 3.63) is 82.6 Å². The molecule has 0 amide bonds. The van der Waals surface area contributed by atoms with Gasteiger partial charge in [0.05, 0.1) is 11.0 Å². The van der Waals surface area contributed by atoms with Crippen LogP contribution in [-0.4, -0.2) is 36.5 Å². The molecule has 13 heteroatoms. The summed E-state index contributed by atoms with van der Waals surface area (Å²) in [5, 5.41) is 9.68. The maximum Gasteiger partial charge on any atom is 0.461 e. The number of aliphatic hydroxyl groups is 1. The first-order valence-electron chi connectivity index (χ1n) is 10.4. The molecule has 0 aromatic heterocycles. The van der Waals surface area contributed by atoms with Crippen LogP contribution in [0, 0.1) is 5.82 Å². The van der Waals surface area contributed by atoms with Gasteiger partial charge in [-0.25, -0.2) is 4.39 Å². The summed E-state index contributed by atoms with van der Waals surface area (Å²) in [6.45, 7) is -1.33. The van der Waals surface area contributed by atoms with Gasteiger partial charge in [0.25, 0.3) is 0 Å². The highest BCUT2D eigenvalue weighted by atomic mass is 79.9. The number of halogens is 9. The highest BCUT2D eigenvalue weighted by Crippen LogP contribution is 2.34. The van der Waals surface area contributed by atoms with E-state index in [0.717, 1.165) is 23.1 Å². The average molecular weight is 600 g/mol. The highest BCUT2D eigenvalue weighted by Gasteiger charge is 2.44. The maximum atomic E-state index is 13.6. The van der Waals surface area contributed by atoms with E-state index < -0.39 is 42.9 Å². The number of aliphatic hydroxyl groups excluding tert-OH is 1. The van der Waals surface area contributed by atoms with E-state index >= 15 is 0 Å². The Balaban J connectivity index is 1.90. The normalized spacial score (nSPS) is 12.9. The predicted molar refractivity (Wildman–Crippen MR) is 122 cm³/mol. The molecule has 0 aliphatic carbocycles. The van der Waals surface area contributed by atoms with E-state index in [1.165, 1.54) is 48.5 Å². The van der Waals surface area contributed by atoms with Gasteiger partial charge < -0.3 is 19.5 Å². The molecule has 1 atom stereocenters. The van der Waals surface area contributed by atoms with Gasteiger partial charge in [-0.1, -0.05) is 18.2 Å². The van der Waals surface area contributed by atoms with Crippen LogP contribution < -0.4 is 14.4 Å². The predicted octanol–water partition coefficient (Wildman–Crippen LogP) is 7.55. The quantitative estimate of drug-likeness (QED) is 0.244. The lowest BCUT2D eigenvalue weighted by atomic mass is 10.1. The molecular weight excluding hydrogens is 582 g/mol. The van der Waals surface area contributed by atoms with Crippen LogP contribution in [-0.2, 0) is 6.54 Å². The summed E-state index contributed by atoms with van der Waals surface area (Å²) >= 11 is 3.20. The zero-order valence-corrected chi connectivity index (χ0v) is 20.1. The van der Waals surface area contributed by atoms with Crippen LogP contribution in [0.2, 0.25) is 0 Å². The van der Waals surface area contributed by atoms with Crippen LogP contribution in [0.4, 0.5) is 40.8 Å². The van der Waals surface area contributed by atoms with E-state index in [9.17, 15) is 40.2 Å². The fourth-order valence-corrected chi connectivity index (χ4v) is 3.46. The van der Waals surface area contributed by atoms with Crippen LogP contribution in [0.1, 0.15) is 5.56 Å². The minimum atomic E-state index is -4.97. The van der Waals surface area contributed by atoms with Crippen LogP contribution in [0.25, 0.3) is 0 Å². The Kier molecular flexibility index (Phi) is 8.90.